The van der Waals surface area contributed by atoms with E-state index in [-0.39, 0.29) is 17.4 Å². The van der Waals surface area contributed by atoms with Gasteiger partial charge in [0.15, 0.2) is 0 Å². The molecular formula is C29H29N3O4. The molecule has 3 aromatic rings. The van der Waals surface area contributed by atoms with Crippen molar-refractivity contribution in [1.82, 2.24) is 10.4 Å². The van der Waals surface area contributed by atoms with Crippen LogP contribution in [-0.4, -0.2) is 34.7 Å². The van der Waals surface area contributed by atoms with Crippen LogP contribution in [-0.2, 0) is 15.0 Å². The SMILES string of the molecule is Cc1ccc(N2C(=O)CC(N(NC(=O)c3ccc(C(C)(C)C)cc3)C(=O)c3ccccc3)C2=O)cc1. The van der Waals surface area contributed by atoms with Gasteiger partial charge in [-0.25, -0.2) is 9.91 Å². The summed E-state index contributed by atoms with van der Waals surface area (Å²) in [6.45, 7) is 8.13. The molecule has 1 unspecified atom stereocenters. The van der Waals surface area contributed by atoms with E-state index in [2.05, 4.69) is 26.2 Å². The highest BCUT2D eigenvalue weighted by molar-refractivity contribution is 6.23. The predicted octanol–water partition coefficient (Wildman–Crippen LogP) is 4.41. The maximum Gasteiger partial charge on any atom is 0.273 e. The van der Waals surface area contributed by atoms with E-state index in [1.807, 2.05) is 19.1 Å². The van der Waals surface area contributed by atoms with Gasteiger partial charge in [0.25, 0.3) is 17.7 Å². The molecule has 0 spiro atoms. The molecule has 7 heteroatoms. The van der Waals surface area contributed by atoms with Crippen LogP contribution in [0, 0.1) is 6.92 Å². The highest BCUT2D eigenvalue weighted by Gasteiger charge is 2.45. The molecule has 7 nitrogen and oxygen atoms in total. The van der Waals surface area contributed by atoms with E-state index >= 15 is 0 Å². The fourth-order valence-corrected chi connectivity index (χ4v) is 4.07. The Balaban J connectivity index is 1.65. The Labute approximate surface area is 210 Å². The van der Waals surface area contributed by atoms with E-state index in [0.29, 0.717) is 11.3 Å². The van der Waals surface area contributed by atoms with Crippen LogP contribution in [0.5, 0.6) is 0 Å². The van der Waals surface area contributed by atoms with Gasteiger partial charge in [-0.05, 0) is 54.3 Å². The van der Waals surface area contributed by atoms with Crippen molar-refractivity contribution in [2.75, 3.05) is 4.90 Å². The maximum atomic E-state index is 13.5. The van der Waals surface area contributed by atoms with Gasteiger partial charge in [-0.1, -0.05) is 68.8 Å². The average Bonchev–Trinajstić information content (AvgIpc) is 3.16. The zero-order valence-electron chi connectivity index (χ0n) is 20.8. The van der Waals surface area contributed by atoms with Gasteiger partial charge in [0, 0.05) is 11.1 Å². The Morgan fingerprint density at radius 1 is 0.861 bits per heavy atom. The molecule has 1 aliphatic rings. The Morgan fingerprint density at radius 3 is 2.06 bits per heavy atom. The average molecular weight is 484 g/mol. The van der Waals surface area contributed by atoms with Crippen molar-refractivity contribution in [2.24, 2.45) is 0 Å². The first-order chi connectivity index (χ1) is 17.1. The number of amides is 4. The number of nitrogens with zero attached hydrogens (tertiary/aromatic N) is 2. The number of benzene rings is 3. The number of nitrogens with one attached hydrogen (secondary N) is 1. The van der Waals surface area contributed by atoms with Crippen molar-refractivity contribution in [1.29, 1.82) is 0 Å². The zero-order valence-corrected chi connectivity index (χ0v) is 20.8. The summed E-state index contributed by atoms with van der Waals surface area (Å²) in [6, 6.07) is 21.2. The molecule has 4 amide bonds. The fourth-order valence-electron chi connectivity index (χ4n) is 4.07. The first-order valence-corrected chi connectivity index (χ1v) is 11.8. The van der Waals surface area contributed by atoms with E-state index in [9.17, 15) is 19.2 Å². The second-order valence-corrected chi connectivity index (χ2v) is 9.93. The largest absolute Gasteiger partial charge is 0.274 e. The van der Waals surface area contributed by atoms with Crippen molar-refractivity contribution in [3.63, 3.8) is 0 Å². The number of hydrogen-bond donors (Lipinski definition) is 1. The van der Waals surface area contributed by atoms with E-state index in [1.54, 1.807) is 66.7 Å². The maximum absolute atomic E-state index is 13.5. The number of carbonyl (C=O) groups excluding carboxylic acids is 4. The minimum absolute atomic E-state index is 0.0830. The Hall–Kier alpha value is -4.26. The molecule has 1 atom stereocenters. The number of imide groups is 1. The van der Waals surface area contributed by atoms with E-state index in [1.165, 1.54) is 0 Å². The third kappa shape index (κ3) is 5.05. The molecule has 184 valence electrons. The number of hydrazine groups is 1. The quantitative estimate of drug-likeness (QED) is 0.440. The summed E-state index contributed by atoms with van der Waals surface area (Å²) in [6.07, 6.45) is -0.242. The lowest BCUT2D eigenvalue weighted by Crippen LogP contribution is -2.54. The summed E-state index contributed by atoms with van der Waals surface area (Å²) in [5.74, 6) is -2.14. The van der Waals surface area contributed by atoms with Gasteiger partial charge in [-0.3, -0.25) is 24.6 Å². The molecule has 1 fully saturated rings. The zero-order chi connectivity index (χ0) is 26.0. The third-order valence-electron chi connectivity index (χ3n) is 6.20. The molecule has 0 bridgehead atoms. The Morgan fingerprint density at radius 2 is 1.47 bits per heavy atom. The van der Waals surface area contributed by atoms with Crippen molar-refractivity contribution in [2.45, 2.75) is 45.6 Å². The van der Waals surface area contributed by atoms with Crippen LogP contribution in [0.1, 0.15) is 59.0 Å². The number of anilines is 1. The van der Waals surface area contributed by atoms with Gasteiger partial charge in [0.1, 0.15) is 6.04 Å². The molecule has 1 heterocycles. The van der Waals surface area contributed by atoms with Crippen LogP contribution in [0.15, 0.2) is 78.9 Å². The molecule has 1 N–H and O–H groups in total. The van der Waals surface area contributed by atoms with Crippen molar-refractivity contribution in [3.05, 3.63) is 101 Å². The lowest BCUT2D eigenvalue weighted by atomic mass is 9.87. The number of aryl methyl sites for hydroxylation is 1. The second-order valence-electron chi connectivity index (χ2n) is 9.93. The summed E-state index contributed by atoms with van der Waals surface area (Å²) in [5, 5.41) is 0.990. The highest BCUT2D eigenvalue weighted by atomic mass is 16.2. The minimum Gasteiger partial charge on any atom is -0.274 e. The van der Waals surface area contributed by atoms with E-state index in [4.69, 9.17) is 0 Å². The van der Waals surface area contributed by atoms with Crippen LogP contribution in [0.3, 0.4) is 0 Å². The molecule has 1 aliphatic heterocycles. The van der Waals surface area contributed by atoms with Gasteiger partial charge in [-0.15, -0.1) is 0 Å². The van der Waals surface area contributed by atoms with Crippen molar-refractivity contribution >= 4 is 29.3 Å². The van der Waals surface area contributed by atoms with Gasteiger partial charge in [-0.2, -0.15) is 0 Å². The normalized spacial score (nSPS) is 15.7. The van der Waals surface area contributed by atoms with Gasteiger partial charge < -0.3 is 0 Å². The number of carbonyl (C=O) groups is 4. The lowest BCUT2D eigenvalue weighted by Gasteiger charge is -2.28. The molecule has 36 heavy (non-hydrogen) atoms. The van der Waals surface area contributed by atoms with Crippen LogP contribution in [0.2, 0.25) is 0 Å². The Bertz CT molecular complexity index is 1290. The van der Waals surface area contributed by atoms with Crippen LogP contribution in [0.4, 0.5) is 5.69 Å². The summed E-state index contributed by atoms with van der Waals surface area (Å²) in [7, 11) is 0. The molecule has 0 aliphatic carbocycles. The van der Waals surface area contributed by atoms with Crippen LogP contribution in [0.25, 0.3) is 0 Å². The molecule has 4 rings (SSSR count). The summed E-state index contributed by atoms with van der Waals surface area (Å²) in [5.41, 5.74) is 5.62. The molecular weight excluding hydrogens is 454 g/mol. The highest BCUT2D eigenvalue weighted by Crippen LogP contribution is 2.27. The molecule has 0 saturated carbocycles. The molecule has 3 aromatic carbocycles. The third-order valence-corrected chi connectivity index (χ3v) is 6.20. The predicted molar refractivity (Wildman–Crippen MR) is 137 cm³/mol. The minimum atomic E-state index is -1.18. The summed E-state index contributed by atoms with van der Waals surface area (Å²) >= 11 is 0. The van der Waals surface area contributed by atoms with Crippen molar-refractivity contribution in [3.8, 4) is 0 Å². The standard InChI is InChI=1S/C29H29N3O4/c1-19-10-16-23(17-11-19)31-25(33)18-24(28(31)36)32(27(35)21-8-6-5-7-9-21)30-26(34)20-12-14-22(15-13-20)29(2,3)4/h5-17,24H,18H2,1-4H3,(H,30,34). The summed E-state index contributed by atoms with van der Waals surface area (Å²) in [4.78, 5) is 54.0. The molecule has 0 aromatic heterocycles. The van der Waals surface area contributed by atoms with Gasteiger partial charge in [0.2, 0.25) is 5.91 Å². The smallest absolute Gasteiger partial charge is 0.273 e. The van der Waals surface area contributed by atoms with Crippen molar-refractivity contribution < 1.29 is 19.2 Å². The first kappa shape index (κ1) is 24.9. The number of rotatable bonds is 4. The lowest BCUT2D eigenvalue weighted by molar-refractivity contribution is -0.122. The Kier molecular flexibility index (Phi) is 6.75. The van der Waals surface area contributed by atoms with Gasteiger partial charge in [0.05, 0.1) is 12.1 Å². The molecule has 0 radical (unpaired) electrons. The second kappa shape index (κ2) is 9.77. The summed E-state index contributed by atoms with van der Waals surface area (Å²) < 4.78 is 0. The molecule has 1 saturated heterocycles. The first-order valence-electron chi connectivity index (χ1n) is 11.8. The van der Waals surface area contributed by atoms with E-state index < -0.39 is 29.7 Å². The fraction of sp³-hybridized carbons (Fsp3) is 0.241. The van der Waals surface area contributed by atoms with Crippen LogP contribution < -0.4 is 10.3 Å². The van der Waals surface area contributed by atoms with E-state index in [0.717, 1.165) is 21.0 Å². The monoisotopic (exact) mass is 483 g/mol. The number of hydrogen-bond acceptors (Lipinski definition) is 4. The van der Waals surface area contributed by atoms with Gasteiger partial charge >= 0.3 is 0 Å². The van der Waals surface area contributed by atoms with Crippen LogP contribution >= 0.6 is 0 Å². The topological polar surface area (TPSA) is 86.8 Å².